The third-order valence-electron chi connectivity index (χ3n) is 8.28. The van der Waals surface area contributed by atoms with E-state index >= 15 is 0 Å². The summed E-state index contributed by atoms with van der Waals surface area (Å²) in [5, 5.41) is 14.8. The van der Waals surface area contributed by atoms with Crippen molar-refractivity contribution in [1.82, 2.24) is 15.2 Å². The van der Waals surface area contributed by atoms with Crippen molar-refractivity contribution in [3.05, 3.63) is 77.2 Å². The average molecular weight is 518 g/mol. The van der Waals surface area contributed by atoms with Gasteiger partial charge in [0, 0.05) is 42.3 Å². The van der Waals surface area contributed by atoms with Crippen LogP contribution in [0.3, 0.4) is 0 Å². The second kappa shape index (κ2) is 11.5. The summed E-state index contributed by atoms with van der Waals surface area (Å²) in [4.78, 5) is 30.0. The smallest absolute Gasteiger partial charge is 0.320 e. The summed E-state index contributed by atoms with van der Waals surface area (Å²) < 4.78 is 13.6. The normalized spacial score (nSPS) is 21.7. The minimum absolute atomic E-state index is 0.0160. The number of likely N-dealkylation sites (tertiary alicyclic amines) is 1. The minimum atomic E-state index is -0.810. The first-order valence-corrected chi connectivity index (χ1v) is 13.7. The number of hydrogen-bond acceptors (Lipinski definition) is 3. The predicted molar refractivity (Wildman–Crippen MR) is 147 cm³/mol. The number of fused-ring (bicyclic) bond motifs is 1. The van der Waals surface area contributed by atoms with E-state index in [0.29, 0.717) is 37.4 Å². The largest absolute Gasteiger partial charge is 0.480 e. The first kappa shape index (κ1) is 26.2. The SMILES string of the molecule is Cc1cc(F)cc(/C=C/C(=O)N2CCC(C(N[C@H]3CC[C@H](c4c[nH]c5ccccc54)CC3)C(=O)O)CC2)c1. The van der Waals surface area contributed by atoms with E-state index in [1.54, 1.807) is 11.0 Å². The summed E-state index contributed by atoms with van der Waals surface area (Å²) in [6.07, 6.45) is 10.5. The second-order valence-corrected chi connectivity index (χ2v) is 10.9. The number of aryl methyl sites for hydroxylation is 1. The first-order valence-electron chi connectivity index (χ1n) is 13.7. The van der Waals surface area contributed by atoms with E-state index in [1.165, 1.54) is 29.2 Å². The topological polar surface area (TPSA) is 85.4 Å². The number of H-pyrrole nitrogens is 1. The van der Waals surface area contributed by atoms with Crippen molar-refractivity contribution < 1.29 is 19.1 Å². The van der Waals surface area contributed by atoms with Gasteiger partial charge in [0.15, 0.2) is 0 Å². The molecule has 3 aromatic rings. The molecule has 0 bridgehead atoms. The number of aromatic amines is 1. The molecular formula is C31H36FN3O3. The van der Waals surface area contributed by atoms with E-state index in [1.807, 2.05) is 19.1 Å². The Labute approximate surface area is 222 Å². The molecule has 1 saturated heterocycles. The molecule has 5 rings (SSSR count). The number of piperidine rings is 1. The number of carbonyl (C=O) groups excluding carboxylic acids is 1. The van der Waals surface area contributed by atoms with Crippen LogP contribution < -0.4 is 5.32 Å². The molecule has 2 aromatic carbocycles. The van der Waals surface area contributed by atoms with Crippen LogP contribution >= 0.6 is 0 Å². The van der Waals surface area contributed by atoms with Gasteiger partial charge in [0.25, 0.3) is 0 Å². The lowest BCUT2D eigenvalue weighted by atomic mass is 9.80. The number of nitrogens with zero attached hydrogens (tertiary/aromatic N) is 1. The predicted octanol–water partition coefficient (Wildman–Crippen LogP) is 5.64. The van der Waals surface area contributed by atoms with Gasteiger partial charge in [-0.15, -0.1) is 0 Å². The number of carbonyl (C=O) groups is 2. The number of aromatic nitrogens is 1. The number of carboxylic acid groups (broad SMARTS) is 1. The van der Waals surface area contributed by atoms with Gasteiger partial charge in [-0.3, -0.25) is 9.59 Å². The summed E-state index contributed by atoms with van der Waals surface area (Å²) in [5.74, 6) is -0.781. The van der Waals surface area contributed by atoms with Crippen LogP contribution in [0.4, 0.5) is 4.39 Å². The monoisotopic (exact) mass is 517 g/mol. The lowest BCUT2D eigenvalue weighted by molar-refractivity contribution is -0.142. The Hall–Kier alpha value is -3.45. The fraction of sp³-hybridized carbons (Fsp3) is 0.419. The van der Waals surface area contributed by atoms with Crippen molar-refractivity contribution in [3.8, 4) is 0 Å². The Bertz CT molecular complexity index is 1300. The highest BCUT2D eigenvalue weighted by atomic mass is 19.1. The van der Waals surface area contributed by atoms with Crippen molar-refractivity contribution >= 4 is 28.9 Å². The van der Waals surface area contributed by atoms with Gasteiger partial charge in [-0.05, 0) is 98.2 Å². The van der Waals surface area contributed by atoms with Gasteiger partial charge in [-0.2, -0.15) is 0 Å². The lowest BCUT2D eigenvalue weighted by Crippen LogP contribution is -2.52. The number of nitrogens with one attached hydrogen (secondary N) is 2. The summed E-state index contributed by atoms with van der Waals surface area (Å²) >= 11 is 0. The van der Waals surface area contributed by atoms with E-state index in [4.69, 9.17) is 0 Å². The van der Waals surface area contributed by atoms with Crippen molar-refractivity contribution in [1.29, 1.82) is 0 Å². The molecule has 7 heteroatoms. The maximum atomic E-state index is 13.6. The molecule has 0 radical (unpaired) electrons. The molecule has 1 aliphatic heterocycles. The molecule has 2 aliphatic rings. The number of benzene rings is 2. The highest BCUT2D eigenvalue weighted by Gasteiger charge is 2.35. The van der Waals surface area contributed by atoms with E-state index < -0.39 is 12.0 Å². The number of amides is 1. The van der Waals surface area contributed by atoms with E-state index in [0.717, 1.165) is 36.8 Å². The fourth-order valence-electron chi connectivity index (χ4n) is 6.25. The maximum absolute atomic E-state index is 13.6. The molecule has 200 valence electrons. The van der Waals surface area contributed by atoms with Crippen molar-refractivity contribution in [2.24, 2.45) is 5.92 Å². The van der Waals surface area contributed by atoms with Crippen LogP contribution in [0.15, 0.2) is 54.7 Å². The Morgan fingerprint density at radius 2 is 1.82 bits per heavy atom. The van der Waals surface area contributed by atoms with Crippen LogP contribution in [0, 0.1) is 18.7 Å². The van der Waals surface area contributed by atoms with Crippen molar-refractivity contribution in [2.75, 3.05) is 13.1 Å². The molecule has 2 fully saturated rings. The van der Waals surface area contributed by atoms with Gasteiger partial charge >= 0.3 is 5.97 Å². The third kappa shape index (κ3) is 5.99. The summed E-state index contributed by atoms with van der Waals surface area (Å²) in [6, 6.07) is 12.7. The van der Waals surface area contributed by atoms with E-state index in [2.05, 4.69) is 34.7 Å². The molecule has 1 amide bonds. The number of aliphatic carboxylic acids is 1. The van der Waals surface area contributed by atoms with Crippen LogP contribution in [0.25, 0.3) is 17.0 Å². The second-order valence-electron chi connectivity index (χ2n) is 10.9. The van der Waals surface area contributed by atoms with E-state index in [-0.39, 0.29) is 23.7 Å². The molecule has 1 aliphatic carbocycles. The molecule has 1 atom stereocenters. The molecule has 0 spiro atoms. The zero-order valence-electron chi connectivity index (χ0n) is 21.8. The zero-order valence-corrected chi connectivity index (χ0v) is 21.8. The quantitative estimate of drug-likeness (QED) is 0.354. The molecule has 1 aromatic heterocycles. The summed E-state index contributed by atoms with van der Waals surface area (Å²) in [5.41, 5.74) is 3.99. The highest BCUT2D eigenvalue weighted by Crippen LogP contribution is 2.37. The van der Waals surface area contributed by atoms with Gasteiger partial charge in [-0.25, -0.2) is 4.39 Å². The molecule has 38 heavy (non-hydrogen) atoms. The molecule has 3 N–H and O–H groups in total. The molecule has 6 nitrogen and oxygen atoms in total. The Morgan fingerprint density at radius 3 is 2.53 bits per heavy atom. The number of rotatable bonds is 7. The van der Waals surface area contributed by atoms with Gasteiger partial charge in [-0.1, -0.05) is 24.3 Å². The number of halogens is 1. The fourth-order valence-corrected chi connectivity index (χ4v) is 6.25. The highest BCUT2D eigenvalue weighted by molar-refractivity contribution is 5.92. The van der Waals surface area contributed by atoms with Crippen LogP contribution in [-0.4, -0.2) is 52.0 Å². The van der Waals surface area contributed by atoms with Crippen LogP contribution in [-0.2, 0) is 9.59 Å². The van der Waals surface area contributed by atoms with Gasteiger partial charge in [0.1, 0.15) is 11.9 Å². The summed E-state index contributed by atoms with van der Waals surface area (Å²) in [7, 11) is 0. The Kier molecular flexibility index (Phi) is 7.93. The van der Waals surface area contributed by atoms with Gasteiger partial charge < -0.3 is 20.3 Å². The Morgan fingerprint density at radius 1 is 1.08 bits per heavy atom. The van der Waals surface area contributed by atoms with Crippen molar-refractivity contribution in [2.45, 2.75) is 63.5 Å². The first-order chi connectivity index (χ1) is 18.4. The molecule has 1 unspecified atom stereocenters. The van der Waals surface area contributed by atoms with Gasteiger partial charge in [0.05, 0.1) is 0 Å². The number of hydrogen-bond donors (Lipinski definition) is 3. The zero-order chi connectivity index (χ0) is 26.6. The standard InChI is InChI=1S/C31H36FN3O3/c1-20-16-21(18-24(32)17-20)6-11-29(36)35-14-12-23(13-15-35)30(31(37)38)34-25-9-7-22(8-10-25)27-19-33-28-5-3-2-4-26(27)28/h2-6,11,16-19,22-23,25,30,33-34H,7-10,12-15H2,1H3,(H,37,38)/b11-6+/t22-,25-,30?. The third-order valence-corrected chi connectivity index (χ3v) is 8.28. The van der Waals surface area contributed by atoms with Crippen LogP contribution in [0.5, 0.6) is 0 Å². The van der Waals surface area contributed by atoms with Crippen LogP contribution in [0.2, 0.25) is 0 Å². The molecular weight excluding hydrogens is 481 g/mol. The average Bonchev–Trinajstić information content (AvgIpc) is 3.34. The molecule has 1 saturated carbocycles. The minimum Gasteiger partial charge on any atom is -0.480 e. The number of carboxylic acids is 1. The lowest BCUT2D eigenvalue weighted by Gasteiger charge is -2.37. The Balaban J connectivity index is 1.12. The number of para-hydroxylation sites is 1. The van der Waals surface area contributed by atoms with E-state index in [9.17, 15) is 19.1 Å². The summed E-state index contributed by atoms with van der Waals surface area (Å²) in [6.45, 7) is 2.86. The van der Waals surface area contributed by atoms with Crippen LogP contribution in [0.1, 0.15) is 61.1 Å². The van der Waals surface area contributed by atoms with Crippen molar-refractivity contribution in [3.63, 3.8) is 0 Å². The van der Waals surface area contributed by atoms with Gasteiger partial charge in [0.2, 0.25) is 5.91 Å². The maximum Gasteiger partial charge on any atom is 0.320 e. The molecule has 2 heterocycles.